The lowest BCUT2D eigenvalue weighted by Crippen LogP contribution is -2.50. The number of para-hydroxylation sites is 2. The Balaban J connectivity index is 0.934. The van der Waals surface area contributed by atoms with Crippen molar-refractivity contribution in [1.29, 1.82) is 0 Å². The number of rotatable bonds is 18. The first-order valence-electron chi connectivity index (χ1n) is 24.2. The van der Waals surface area contributed by atoms with Crippen LogP contribution in [0, 0.1) is 0 Å². The molecule has 5 aromatic carbocycles. The maximum Gasteiger partial charge on any atom is 0.261 e. The molecule has 5 aromatic rings. The zero-order valence-electron chi connectivity index (χ0n) is 41.2. The topological polar surface area (TPSA) is 219 Å². The van der Waals surface area contributed by atoms with E-state index in [-0.39, 0.29) is 55.3 Å². The third-order valence-corrected chi connectivity index (χ3v) is 13.2. The fraction of sp³-hybridized carbons (Fsp3) is 0.309. The molecule has 0 unspecified atom stereocenters. The number of anilines is 3. The van der Waals surface area contributed by atoms with Gasteiger partial charge in [-0.25, -0.2) is 0 Å². The second-order valence-electron chi connectivity index (χ2n) is 18.3. The molecule has 73 heavy (non-hydrogen) atoms. The third kappa shape index (κ3) is 10.6. The van der Waals surface area contributed by atoms with Crippen LogP contribution in [0.2, 0.25) is 0 Å². The minimum atomic E-state index is -1.02. The zero-order chi connectivity index (χ0) is 51.3. The van der Waals surface area contributed by atoms with Crippen molar-refractivity contribution in [2.75, 3.05) is 36.4 Å². The number of aliphatic imine (C=N–C) groups is 2. The lowest BCUT2D eigenvalue weighted by atomic mass is 10.1. The highest BCUT2D eigenvalue weighted by atomic mass is 16.5. The molecule has 4 atom stereocenters. The van der Waals surface area contributed by atoms with Crippen molar-refractivity contribution in [1.82, 2.24) is 16.0 Å². The summed E-state index contributed by atoms with van der Waals surface area (Å²) in [6.07, 6.45) is 6.29. The molecule has 4 N–H and O–H groups in total. The minimum absolute atomic E-state index is 0.0271. The van der Waals surface area contributed by atoms with Crippen molar-refractivity contribution in [3.63, 3.8) is 0 Å². The number of nitrogens with zero attached hydrogens (tertiary/aromatic N) is 4. The number of methoxy groups -OCH3 is 2. The molecule has 4 aliphatic heterocycles. The summed E-state index contributed by atoms with van der Waals surface area (Å²) < 4.78 is 24.3. The summed E-state index contributed by atoms with van der Waals surface area (Å²) in [5.74, 6) is -0.672. The molecular formula is C55H56N8O10. The number of hydrogen-bond acceptors (Lipinski definition) is 12. The summed E-state index contributed by atoms with van der Waals surface area (Å²) in [5, 5.41) is 10.8. The summed E-state index contributed by atoms with van der Waals surface area (Å²) in [4.78, 5) is 92.0. The van der Waals surface area contributed by atoms with E-state index in [0.717, 1.165) is 22.5 Å². The van der Waals surface area contributed by atoms with Crippen LogP contribution in [0.1, 0.15) is 82.5 Å². The Morgan fingerprint density at radius 3 is 1.59 bits per heavy atom. The van der Waals surface area contributed by atoms with Crippen LogP contribution in [-0.2, 0) is 45.2 Å². The van der Waals surface area contributed by atoms with E-state index in [1.165, 1.54) is 28.1 Å². The van der Waals surface area contributed by atoms with Crippen LogP contribution in [0.5, 0.6) is 23.0 Å². The van der Waals surface area contributed by atoms with Gasteiger partial charge in [0, 0.05) is 74.4 Å². The predicted octanol–water partition coefficient (Wildman–Crippen LogP) is 6.69. The SMILES string of the molecule is CNC(=O)CCCCC(=O)N[C@@H](C)C(=O)N[C@H](C)C(=O)Nc1cc(COc2cc3c(cc2OC)C(=O)N2c4ccccc4C[C@H]2C=N3)cc(COc2cc3c(cc2OC)C(=O)N2c4ccccc4C[C@H]2C=N3)c1. The van der Waals surface area contributed by atoms with Crippen LogP contribution < -0.4 is 50.0 Å². The van der Waals surface area contributed by atoms with Gasteiger partial charge in [0.15, 0.2) is 23.0 Å². The highest BCUT2D eigenvalue weighted by molar-refractivity contribution is 6.16. The molecule has 9 rings (SSSR count). The molecule has 18 nitrogen and oxygen atoms in total. The smallest absolute Gasteiger partial charge is 0.261 e. The van der Waals surface area contributed by atoms with Gasteiger partial charge in [0.05, 0.1) is 48.8 Å². The molecule has 4 heterocycles. The van der Waals surface area contributed by atoms with Gasteiger partial charge >= 0.3 is 0 Å². The van der Waals surface area contributed by atoms with Crippen LogP contribution >= 0.6 is 0 Å². The number of amides is 6. The monoisotopic (exact) mass is 988 g/mol. The van der Waals surface area contributed by atoms with E-state index < -0.39 is 23.9 Å². The van der Waals surface area contributed by atoms with Crippen LogP contribution in [0.25, 0.3) is 0 Å². The van der Waals surface area contributed by atoms with Gasteiger partial charge in [-0.2, -0.15) is 0 Å². The molecule has 0 aliphatic carbocycles. The van der Waals surface area contributed by atoms with Gasteiger partial charge < -0.3 is 40.2 Å². The van der Waals surface area contributed by atoms with Gasteiger partial charge in [-0.05, 0) is 91.4 Å². The molecule has 6 amide bonds. The average molecular weight is 989 g/mol. The molecule has 0 saturated carbocycles. The van der Waals surface area contributed by atoms with Crippen molar-refractivity contribution in [3.8, 4) is 23.0 Å². The van der Waals surface area contributed by atoms with E-state index in [2.05, 4.69) is 21.3 Å². The maximum absolute atomic E-state index is 14.1. The molecule has 0 aromatic heterocycles. The normalized spacial score (nSPS) is 16.5. The number of benzene rings is 5. The van der Waals surface area contributed by atoms with E-state index in [0.29, 0.717) is 94.4 Å². The zero-order valence-corrected chi connectivity index (χ0v) is 41.2. The van der Waals surface area contributed by atoms with Crippen LogP contribution in [-0.4, -0.2) is 93.3 Å². The summed E-state index contributed by atoms with van der Waals surface area (Å²) in [7, 11) is 4.53. The standard InChI is InChI=1S/C55H56N8O10/c1-31(59-51(65)17-11-10-16-50(64)56-3)52(66)60-32(2)53(67)61-37-19-33(29-72-48-25-42-40(23-46(48)70-4)54(68)62-38(27-57-42)21-35-12-6-8-14-44(35)62)18-34(20-37)30-73-49-26-43-41(24-47(49)71-5)55(69)63-39(28-58-43)22-36-13-7-9-15-45(36)63/h6-9,12-15,18-20,23-28,31-32,38-39H,10-11,16-17,21-22,29-30H2,1-5H3,(H,56,64)(H,59,65)(H,60,66)(H,61,67)/t31-,32+,38-,39-/m0/s1. The fourth-order valence-electron chi connectivity index (χ4n) is 9.43. The number of ether oxygens (including phenoxy) is 4. The Morgan fingerprint density at radius 2 is 1.10 bits per heavy atom. The Morgan fingerprint density at radius 1 is 0.616 bits per heavy atom. The first kappa shape index (κ1) is 49.4. The minimum Gasteiger partial charge on any atom is -0.493 e. The quantitative estimate of drug-likeness (QED) is 0.0682. The highest BCUT2D eigenvalue weighted by Crippen LogP contribution is 2.43. The molecule has 18 heteroatoms. The Kier molecular flexibility index (Phi) is 14.5. The van der Waals surface area contributed by atoms with Gasteiger partial charge in [-0.3, -0.25) is 48.6 Å². The Bertz CT molecular complexity index is 2920. The second kappa shape index (κ2) is 21.4. The van der Waals surface area contributed by atoms with Gasteiger partial charge in [0.1, 0.15) is 25.3 Å². The summed E-state index contributed by atoms with van der Waals surface area (Å²) in [6, 6.07) is 25.1. The number of nitrogens with one attached hydrogen (secondary N) is 4. The molecular weight excluding hydrogens is 933 g/mol. The Labute approximate surface area is 422 Å². The number of fused-ring (bicyclic) bond motifs is 8. The maximum atomic E-state index is 14.1. The van der Waals surface area contributed by atoms with E-state index in [9.17, 15) is 28.8 Å². The lowest BCUT2D eigenvalue weighted by Gasteiger charge is -2.22. The lowest BCUT2D eigenvalue weighted by molar-refractivity contribution is -0.130. The molecule has 0 spiro atoms. The fourth-order valence-corrected chi connectivity index (χ4v) is 9.43. The van der Waals surface area contributed by atoms with Gasteiger partial charge in [0.25, 0.3) is 11.8 Å². The van der Waals surface area contributed by atoms with Crippen LogP contribution in [0.4, 0.5) is 28.4 Å². The first-order chi connectivity index (χ1) is 35.3. The number of hydrogen-bond donors (Lipinski definition) is 4. The van der Waals surface area contributed by atoms with Crippen LogP contribution in [0.15, 0.2) is 101 Å². The predicted molar refractivity (Wildman–Crippen MR) is 275 cm³/mol. The highest BCUT2D eigenvalue weighted by Gasteiger charge is 2.38. The molecule has 0 fully saturated rings. The van der Waals surface area contributed by atoms with Gasteiger partial charge in [-0.1, -0.05) is 36.4 Å². The average Bonchev–Trinajstić information content (AvgIpc) is 3.89. The molecule has 0 saturated heterocycles. The van der Waals surface area contributed by atoms with E-state index in [1.54, 1.807) is 65.7 Å². The largest absolute Gasteiger partial charge is 0.493 e. The number of carbonyl (C=O) groups is 6. The van der Waals surface area contributed by atoms with Crippen molar-refractivity contribution >= 4 is 76.3 Å². The summed E-state index contributed by atoms with van der Waals surface area (Å²) in [5.41, 5.74) is 6.99. The van der Waals surface area contributed by atoms with Gasteiger partial charge in [0.2, 0.25) is 23.6 Å². The number of carbonyl (C=O) groups excluding carboxylic acids is 6. The second-order valence-corrected chi connectivity index (χ2v) is 18.3. The summed E-state index contributed by atoms with van der Waals surface area (Å²) in [6.45, 7) is 3.00. The van der Waals surface area contributed by atoms with Crippen molar-refractivity contribution in [2.45, 2.75) is 89.8 Å². The molecule has 376 valence electrons. The summed E-state index contributed by atoms with van der Waals surface area (Å²) >= 11 is 0. The number of unbranched alkanes of at least 4 members (excludes halogenated alkanes) is 1. The van der Waals surface area contributed by atoms with Crippen molar-refractivity contribution < 1.29 is 47.7 Å². The molecule has 4 aliphatic rings. The van der Waals surface area contributed by atoms with Crippen LogP contribution in [0.3, 0.4) is 0 Å². The molecule has 0 radical (unpaired) electrons. The van der Waals surface area contributed by atoms with E-state index >= 15 is 0 Å². The molecule has 0 bridgehead atoms. The van der Waals surface area contributed by atoms with Crippen molar-refractivity contribution in [3.05, 3.63) is 124 Å². The van der Waals surface area contributed by atoms with E-state index in [1.807, 2.05) is 54.6 Å². The van der Waals surface area contributed by atoms with Gasteiger partial charge in [-0.15, -0.1) is 0 Å². The van der Waals surface area contributed by atoms with E-state index in [4.69, 9.17) is 28.9 Å². The third-order valence-electron chi connectivity index (χ3n) is 13.2. The Hall–Kier alpha value is -8.54. The van der Waals surface area contributed by atoms with Crippen molar-refractivity contribution in [2.24, 2.45) is 9.98 Å². The first-order valence-corrected chi connectivity index (χ1v) is 24.2.